The summed E-state index contributed by atoms with van der Waals surface area (Å²) < 4.78 is 0. The Morgan fingerprint density at radius 2 is 0.642 bits per heavy atom. The molecular weight excluding hydrogens is 809 g/mol. The average molecular weight is 861 g/mol. The maximum Gasteiger partial charge on any atom is 0.0488 e. The molecule has 0 N–H and O–H groups in total. The molecule has 2 heteroatoms. The minimum atomic E-state index is -0.0809. The monoisotopic (exact) mass is 860 g/mol. The predicted octanol–water partition coefficient (Wildman–Crippen LogP) is 17.5. The van der Waals surface area contributed by atoms with Crippen LogP contribution in [0.3, 0.4) is 0 Å². The Balaban J connectivity index is 0.911. The average Bonchev–Trinajstić information content (AvgIpc) is 3.63. The van der Waals surface area contributed by atoms with E-state index in [1.54, 1.807) is 0 Å². The smallest absolute Gasteiger partial charge is 0.0488 e. The largest absolute Gasteiger partial charge is 0.344 e. The zero-order chi connectivity index (χ0) is 45.5. The number of rotatable bonds is 10. The fourth-order valence-electron chi connectivity index (χ4n) is 10.2. The van der Waals surface area contributed by atoms with Crippen molar-refractivity contribution in [1.29, 1.82) is 0 Å². The molecule has 0 spiro atoms. The minimum absolute atomic E-state index is 0.0809. The first kappa shape index (κ1) is 41.5. The predicted molar refractivity (Wildman–Crippen MR) is 286 cm³/mol. The van der Waals surface area contributed by atoms with Crippen molar-refractivity contribution in [1.82, 2.24) is 0 Å². The topological polar surface area (TPSA) is 6.48 Å². The molecule has 0 fully saturated rings. The van der Waals surface area contributed by atoms with E-state index in [-0.39, 0.29) is 5.41 Å². The van der Waals surface area contributed by atoms with Gasteiger partial charge in [0.1, 0.15) is 0 Å². The number of hydrogen-bond donors (Lipinski definition) is 0. The van der Waals surface area contributed by atoms with Crippen molar-refractivity contribution in [2.75, 3.05) is 23.9 Å². The van der Waals surface area contributed by atoms with Crippen molar-refractivity contribution < 1.29 is 0 Å². The second kappa shape index (κ2) is 17.3. The molecule has 0 aromatic heterocycles. The lowest BCUT2D eigenvalue weighted by molar-refractivity contribution is 0.660. The fourth-order valence-corrected chi connectivity index (χ4v) is 10.2. The van der Waals surface area contributed by atoms with Gasteiger partial charge in [0.05, 0.1) is 0 Å². The Kier molecular flexibility index (Phi) is 10.7. The molecule has 67 heavy (non-hydrogen) atoms. The van der Waals surface area contributed by atoms with Gasteiger partial charge in [0.25, 0.3) is 0 Å². The van der Waals surface area contributed by atoms with Gasteiger partial charge >= 0.3 is 0 Å². The lowest BCUT2D eigenvalue weighted by Crippen LogP contribution is -2.16. The van der Waals surface area contributed by atoms with Crippen LogP contribution in [-0.4, -0.2) is 14.1 Å². The molecule has 0 amide bonds. The SMILES string of the molecule is CN(c1ccc(-c2ccc(-c3ccccc3-c3cc(-c4ccccc4)ccc3N(C)c3ccc4c(c3)C(C)(C)c3ccccc3-4)cc2)cc1)c1ccc(-c2ccccc2)cc1-c1ccccc1. The second-order valence-electron chi connectivity index (χ2n) is 18.3. The van der Waals surface area contributed by atoms with Crippen molar-refractivity contribution in [3.63, 3.8) is 0 Å². The summed E-state index contributed by atoms with van der Waals surface area (Å²) in [5.74, 6) is 0. The third-order valence-electron chi connectivity index (χ3n) is 14.0. The van der Waals surface area contributed by atoms with Crippen LogP contribution in [0.15, 0.2) is 243 Å². The van der Waals surface area contributed by atoms with E-state index in [1.165, 1.54) is 94.7 Å². The molecule has 0 saturated heterocycles. The zero-order valence-electron chi connectivity index (χ0n) is 38.5. The number of nitrogens with zero attached hydrogens (tertiary/aromatic N) is 2. The maximum atomic E-state index is 2.41. The Labute approximate surface area is 395 Å². The summed E-state index contributed by atoms with van der Waals surface area (Å²) >= 11 is 0. The Hall–Kier alpha value is -8.20. The van der Waals surface area contributed by atoms with Gasteiger partial charge in [0.15, 0.2) is 0 Å². The third-order valence-corrected chi connectivity index (χ3v) is 14.0. The number of hydrogen-bond acceptors (Lipinski definition) is 2. The molecule has 0 saturated carbocycles. The first-order valence-corrected chi connectivity index (χ1v) is 23.3. The summed E-state index contributed by atoms with van der Waals surface area (Å²) in [4.78, 5) is 4.66. The molecule has 10 aromatic carbocycles. The van der Waals surface area contributed by atoms with Crippen molar-refractivity contribution in [3.05, 3.63) is 254 Å². The lowest BCUT2D eigenvalue weighted by Gasteiger charge is -2.27. The molecule has 0 radical (unpaired) electrons. The van der Waals surface area contributed by atoms with Gasteiger partial charge in [-0.1, -0.05) is 208 Å². The Morgan fingerprint density at radius 3 is 1.25 bits per heavy atom. The minimum Gasteiger partial charge on any atom is -0.344 e. The van der Waals surface area contributed by atoms with Gasteiger partial charge in [-0.3, -0.25) is 0 Å². The highest BCUT2D eigenvalue weighted by Gasteiger charge is 2.35. The molecule has 0 aliphatic heterocycles. The molecule has 2 nitrogen and oxygen atoms in total. The summed E-state index contributed by atoms with van der Waals surface area (Å²) in [5, 5.41) is 0. The van der Waals surface area contributed by atoms with E-state index in [0.29, 0.717) is 0 Å². The summed E-state index contributed by atoms with van der Waals surface area (Å²) in [6.45, 7) is 4.71. The van der Waals surface area contributed by atoms with E-state index in [2.05, 4.69) is 280 Å². The molecule has 11 rings (SSSR count). The van der Waals surface area contributed by atoms with Gasteiger partial charge < -0.3 is 9.80 Å². The molecule has 0 atom stereocenters. The highest BCUT2D eigenvalue weighted by Crippen LogP contribution is 2.51. The van der Waals surface area contributed by atoms with Gasteiger partial charge in [-0.25, -0.2) is 0 Å². The molecule has 1 aliphatic carbocycles. The molecule has 0 heterocycles. The second-order valence-corrected chi connectivity index (χ2v) is 18.3. The van der Waals surface area contributed by atoms with Gasteiger partial charge in [-0.2, -0.15) is 0 Å². The van der Waals surface area contributed by atoms with Crippen LogP contribution < -0.4 is 9.80 Å². The van der Waals surface area contributed by atoms with Crippen LogP contribution in [0.25, 0.3) is 77.9 Å². The van der Waals surface area contributed by atoms with E-state index in [4.69, 9.17) is 0 Å². The van der Waals surface area contributed by atoms with E-state index in [1.807, 2.05) is 0 Å². The van der Waals surface area contributed by atoms with Crippen LogP contribution in [0.2, 0.25) is 0 Å². The van der Waals surface area contributed by atoms with Crippen LogP contribution in [-0.2, 0) is 5.41 Å². The summed E-state index contributed by atoms with van der Waals surface area (Å²) in [7, 11) is 4.37. The van der Waals surface area contributed by atoms with Gasteiger partial charge in [0, 0.05) is 53.4 Å². The highest BCUT2D eigenvalue weighted by molar-refractivity contribution is 5.94. The zero-order valence-corrected chi connectivity index (χ0v) is 38.5. The third kappa shape index (κ3) is 7.71. The molecule has 0 unspecified atom stereocenters. The van der Waals surface area contributed by atoms with Crippen LogP contribution >= 0.6 is 0 Å². The molecule has 322 valence electrons. The van der Waals surface area contributed by atoms with Crippen LogP contribution in [0, 0.1) is 0 Å². The first-order valence-electron chi connectivity index (χ1n) is 23.3. The maximum absolute atomic E-state index is 2.41. The van der Waals surface area contributed by atoms with Crippen LogP contribution in [0.1, 0.15) is 25.0 Å². The Morgan fingerprint density at radius 1 is 0.254 bits per heavy atom. The van der Waals surface area contributed by atoms with E-state index >= 15 is 0 Å². The van der Waals surface area contributed by atoms with Gasteiger partial charge in [-0.15, -0.1) is 0 Å². The highest BCUT2D eigenvalue weighted by atomic mass is 15.1. The molecule has 0 bridgehead atoms. The summed E-state index contributed by atoms with van der Waals surface area (Å²) in [6, 6.07) is 88.5. The summed E-state index contributed by atoms with van der Waals surface area (Å²) in [6.07, 6.45) is 0. The van der Waals surface area contributed by atoms with E-state index in [9.17, 15) is 0 Å². The number of benzene rings is 10. The fraction of sp³-hybridized carbons (Fsp3) is 0.0769. The number of anilines is 4. The number of fused-ring (bicyclic) bond motifs is 3. The molecular formula is C65H52N2. The summed E-state index contributed by atoms with van der Waals surface area (Å²) in [5.41, 5.74) is 24.3. The van der Waals surface area contributed by atoms with E-state index in [0.717, 1.165) is 17.1 Å². The van der Waals surface area contributed by atoms with Gasteiger partial charge in [0.2, 0.25) is 0 Å². The van der Waals surface area contributed by atoms with Crippen molar-refractivity contribution in [3.8, 4) is 77.9 Å². The molecule has 10 aromatic rings. The van der Waals surface area contributed by atoms with Crippen molar-refractivity contribution in [2.45, 2.75) is 19.3 Å². The lowest BCUT2D eigenvalue weighted by atomic mass is 9.82. The standard InChI is InChI=1S/C65H52N2/c1-65(2)61-27-17-16-26-57(61)58-39-38-54(44-62(58)65)67(4)64-41-35-52(46-20-10-6-11-21-46)43-60(64)56-25-15-14-24-55(56)50-30-28-47(29-31-50)48-32-36-53(37-33-48)66(3)63-40-34-51(45-18-8-5-9-19-45)42-59(63)49-22-12-7-13-23-49/h5-44H,1-4H3. The van der Waals surface area contributed by atoms with Crippen LogP contribution in [0.4, 0.5) is 22.7 Å². The van der Waals surface area contributed by atoms with Crippen LogP contribution in [0.5, 0.6) is 0 Å². The quantitative estimate of drug-likeness (QED) is 0.135. The van der Waals surface area contributed by atoms with E-state index < -0.39 is 0 Å². The van der Waals surface area contributed by atoms with Crippen molar-refractivity contribution in [2.24, 2.45) is 0 Å². The molecule has 1 aliphatic rings. The van der Waals surface area contributed by atoms with Gasteiger partial charge in [-0.05, 0) is 126 Å². The normalized spacial score (nSPS) is 12.3. The first-order chi connectivity index (χ1) is 32.8. The Bertz CT molecular complexity index is 3370. The van der Waals surface area contributed by atoms with Crippen molar-refractivity contribution >= 4 is 22.7 Å².